The maximum atomic E-state index is 6.35. The van der Waals surface area contributed by atoms with Crippen molar-refractivity contribution in [3.63, 3.8) is 0 Å². The van der Waals surface area contributed by atoms with Gasteiger partial charge in [0, 0.05) is 27.6 Å². The molecule has 0 N–H and O–H groups in total. The number of nitrogens with zero attached hydrogens (tertiary/aromatic N) is 3. The van der Waals surface area contributed by atoms with Crippen molar-refractivity contribution >= 4 is 10.8 Å². The van der Waals surface area contributed by atoms with E-state index in [1.807, 2.05) is 72.8 Å². The molecule has 8 aromatic rings. The Morgan fingerprint density at radius 2 is 0.809 bits per heavy atom. The average Bonchev–Trinajstić information content (AvgIpc) is 3.15. The molecule has 7 aromatic carbocycles. The molecule has 0 bridgehead atoms. The van der Waals surface area contributed by atoms with Gasteiger partial charge < -0.3 is 4.74 Å². The lowest BCUT2D eigenvalue weighted by Gasteiger charge is -2.22. The lowest BCUT2D eigenvalue weighted by Crippen LogP contribution is -2.00. The highest BCUT2D eigenvalue weighted by Gasteiger charge is 2.20. The summed E-state index contributed by atoms with van der Waals surface area (Å²) in [6.07, 6.45) is 0. The van der Waals surface area contributed by atoms with Gasteiger partial charge in [-0.3, -0.25) is 0 Å². The van der Waals surface area contributed by atoms with E-state index >= 15 is 0 Å². The van der Waals surface area contributed by atoms with Crippen LogP contribution in [0.5, 0.6) is 11.5 Å². The van der Waals surface area contributed by atoms with Gasteiger partial charge in [0.1, 0.15) is 11.5 Å². The summed E-state index contributed by atoms with van der Waals surface area (Å²) in [5, 5.41) is 2.34. The molecule has 220 valence electrons. The second-order valence-corrected chi connectivity index (χ2v) is 11.7. The fourth-order valence-electron chi connectivity index (χ4n) is 6.40. The Morgan fingerprint density at radius 1 is 0.319 bits per heavy atom. The molecule has 0 atom stereocenters. The number of fused-ring (bicyclic) bond motifs is 2. The number of ether oxygens (including phenoxy) is 1. The highest BCUT2D eigenvalue weighted by atomic mass is 16.5. The van der Waals surface area contributed by atoms with Crippen LogP contribution in [0.1, 0.15) is 0 Å². The molecule has 2 heterocycles. The van der Waals surface area contributed by atoms with Crippen LogP contribution in [-0.4, -0.2) is 15.0 Å². The lowest BCUT2D eigenvalue weighted by atomic mass is 9.91. The minimum Gasteiger partial charge on any atom is -0.456 e. The number of benzene rings is 7. The zero-order valence-electron chi connectivity index (χ0n) is 25.3. The quantitative estimate of drug-likeness (QED) is 0.197. The monoisotopic (exact) mass is 601 g/mol. The third-order valence-electron chi connectivity index (χ3n) is 8.71. The summed E-state index contributed by atoms with van der Waals surface area (Å²) in [6.45, 7) is 0. The Kier molecular flexibility index (Phi) is 6.43. The van der Waals surface area contributed by atoms with Crippen LogP contribution in [-0.2, 0) is 0 Å². The maximum absolute atomic E-state index is 6.35. The third kappa shape index (κ3) is 4.93. The van der Waals surface area contributed by atoms with E-state index < -0.39 is 0 Å². The Hall–Kier alpha value is -6.39. The molecule has 0 radical (unpaired) electrons. The first-order chi connectivity index (χ1) is 23.3. The summed E-state index contributed by atoms with van der Waals surface area (Å²) in [5.74, 6) is 3.73. The van der Waals surface area contributed by atoms with Crippen LogP contribution in [0.3, 0.4) is 0 Å². The van der Waals surface area contributed by atoms with Crippen LogP contribution in [0.25, 0.3) is 78.3 Å². The number of aromatic nitrogens is 3. The van der Waals surface area contributed by atoms with Crippen molar-refractivity contribution in [3.05, 3.63) is 164 Å². The van der Waals surface area contributed by atoms with E-state index in [1.165, 1.54) is 10.9 Å². The van der Waals surface area contributed by atoms with Crippen LogP contribution in [0.15, 0.2) is 164 Å². The van der Waals surface area contributed by atoms with Crippen LogP contribution in [0.2, 0.25) is 0 Å². The van der Waals surface area contributed by atoms with Crippen molar-refractivity contribution in [2.24, 2.45) is 0 Å². The summed E-state index contributed by atoms with van der Waals surface area (Å²) < 4.78 is 6.35. The van der Waals surface area contributed by atoms with Gasteiger partial charge in [-0.05, 0) is 63.5 Å². The van der Waals surface area contributed by atoms with Crippen LogP contribution in [0, 0.1) is 0 Å². The van der Waals surface area contributed by atoms with Gasteiger partial charge in [0.15, 0.2) is 17.5 Å². The van der Waals surface area contributed by atoms with E-state index in [2.05, 4.69) is 91.0 Å². The van der Waals surface area contributed by atoms with Gasteiger partial charge in [-0.25, -0.2) is 15.0 Å². The molecule has 0 saturated carbocycles. The average molecular weight is 602 g/mol. The molecule has 1 aliphatic heterocycles. The summed E-state index contributed by atoms with van der Waals surface area (Å²) >= 11 is 0. The molecule has 0 amide bonds. The number of rotatable bonds is 5. The third-order valence-corrected chi connectivity index (χ3v) is 8.71. The summed E-state index contributed by atoms with van der Waals surface area (Å²) in [7, 11) is 0. The highest BCUT2D eigenvalue weighted by molar-refractivity contribution is 6.04. The zero-order chi connectivity index (χ0) is 31.2. The summed E-state index contributed by atoms with van der Waals surface area (Å²) in [4.78, 5) is 14.7. The van der Waals surface area contributed by atoms with E-state index in [0.29, 0.717) is 17.5 Å². The van der Waals surface area contributed by atoms with Gasteiger partial charge >= 0.3 is 0 Å². The van der Waals surface area contributed by atoms with Crippen molar-refractivity contribution in [2.75, 3.05) is 0 Å². The van der Waals surface area contributed by atoms with E-state index in [0.717, 1.165) is 61.4 Å². The van der Waals surface area contributed by atoms with Crippen molar-refractivity contribution in [1.82, 2.24) is 15.0 Å². The van der Waals surface area contributed by atoms with E-state index in [4.69, 9.17) is 19.7 Å². The first kappa shape index (κ1) is 27.0. The Morgan fingerprint density at radius 3 is 1.45 bits per heavy atom. The predicted molar refractivity (Wildman–Crippen MR) is 190 cm³/mol. The molecule has 0 aliphatic carbocycles. The van der Waals surface area contributed by atoms with E-state index in [9.17, 15) is 0 Å². The van der Waals surface area contributed by atoms with E-state index in [1.54, 1.807) is 0 Å². The second kappa shape index (κ2) is 11.2. The van der Waals surface area contributed by atoms with Gasteiger partial charge in [0.05, 0.1) is 0 Å². The van der Waals surface area contributed by atoms with Crippen molar-refractivity contribution in [3.8, 4) is 79.0 Å². The lowest BCUT2D eigenvalue weighted by molar-refractivity contribution is 0.487. The van der Waals surface area contributed by atoms with Gasteiger partial charge in [0.2, 0.25) is 0 Å². The minimum atomic E-state index is 0.639. The largest absolute Gasteiger partial charge is 0.456 e. The number of hydrogen-bond acceptors (Lipinski definition) is 4. The van der Waals surface area contributed by atoms with Crippen LogP contribution in [0.4, 0.5) is 0 Å². The summed E-state index contributed by atoms with van der Waals surface area (Å²) in [6, 6.07) is 56.4. The molecule has 4 nitrogen and oxygen atoms in total. The molecule has 0 fully saturated rings. The van der Waals surface area contributed by atoms with E-state index in [-0.39, 0.29) is 0 Å². The van der Waals surface area contributed by atoms with Crippen LogP contribution < -0.4 is 4.74 Å². The van der Waals surface area contributed by atoms with Gasteiger partial charge in [-0.15, -0.1) is 0 Å². The molecule has 0 unspecified atom stereocenters. The summed E-state index contributed by atoms with van der Waals surface area (Å²) in [5.41, 5.74) is 9.63. The van der Waals surface area contributed by atoms with Gasteiger partial charge in [-0.1, -0.05) is 133 Å². The minimum absolute atomic E-state index is 0.639. The van der Waals surface area contributed by atoms with Gasteiger partial charge in [-0.2, -0.15) is 0 Å². The molecule has 47 heavy (non-hydrogen) atoms. The fraction of sp³-hybridized carbons (Fsp3) is 0. The van der Waals surface area contributed by atoms with Crippen molar-refractivity contribution in [2.45, 2.75) is 0 Å². The molecule has 4 heteroatoms. The van der Waals surface area contributed by atoms with Crippen LogP contribution >= 0.6 is 0 Å². The maximum Gasteiger partial charge on any atom is 0.164 e. The molecule has 0 spiro atoms. The highest BCUT2D eigenvalue weighted by Crippen LogP contribution is 2.47. The smallest absolute Gasteiger partial charge is 0.164 e. The standard InChI is InChI=1S/C43H27N3O/c1-3-11-29(12-4-1)41-44-42(30-13-5-2-6-14-30)46-43(45-41)35-20-8-19-33(26-35)31-17-7-18-32(25-31)34-23-24-38-37(27-34)36-21-9-15-28-16-10-22-39(47-38)40(28)36/h1-27H. The second-order valence-electron chi connectivity index (χ2n) is 11.7. The predicted octanol–water partition coefficient (Wildman–Crippen LogP) is 11.1. The fourth-order valence-corrected chi connectivity index (χ4v) is 6.40. The first-order valence-electron chi connectivity index (χ1n) is 15.7. The normalized spacial score (nSPS) is 11.6. The van der Waals surface area contributed by atoms with Crippen molar-refractivity contribution < 1.29 is 4.74 Å². The first-order valence-corrected chi connectivity index (χ1v) is 15.7. The number of hydrogen-bond donors (Lipinski definition) is 0. The zero-order valence-corrected chi connectivity index (χ0v) is 25.3. The Balaban J connectivity index is 1.11. The SMILES string of the molecule is c1ccc(-c2nc(-c3ccccc3)nc(-c3cccc(-c4cccc(-c5ccc6c(c5)-c5cccc7cccc(c57)O6)c4)c3)n2)cc1. The van der Waals surface area contributed by atoms with Crippen molar-refractivity contribution in [1.29, 1.82) is 0 Å². The Bertz CT molecular complexity index is 2370. The molecular formula is C43H27N3O. The molecule has 1 aliphatic rings. The van der Waals surface area contributed by atoms with Gasteiger partial charge in [0.25, 0.3) is 0 Å². The molecule has 1 aromatic heterocycles. The molecule has 0 saturated heterocycles. The topological polar surface area (TPSA) is 47.9 Å². The Labute approximate surface area is 272 Å². The molecule has 9 rings (SSSR count). The molecular weight excluding hydrogens is 574 g/mol.